The number of sulfone groups is 1. The van der Waals surface area contributed by atoms with E-state index in [4.69, 9.17) is 0 Å². The molecule has 0 aliphatic heterocycles. The fourth-order valence-corrected chi connectivity index (χ4v) is 2.23. The van der Waals surface area contributed by atoms with Crippen molar-refractivity contribution in [1.82, 2.24) is 0 Å². The maximum absolute atomic E-state index is 13.8. The Kier molecular flexibility index (Phi) is 3.19. The highest BCUT2D eigenvalue weighted by Gasteiger charge is 2.38. The number of alkyl halides is 1. The smallest absolute Gasteiger partial charge is 0.225 e. The van der Waals surface area contributed by atoms with Gasteiger partial charge in [-0.25, -0.2) is 12.8 Å². The van der Waals surface area contributed by atoms with Crippen LogP contribution in [0.3, 0.4) is 0 Å². The van der Waals surface area contributed by atoms with Gasteiger partial charge in [-0.15, -0.1) is 0 Å². The Morgan fingerprint density at radius 3 is 2.00 bits per heavy atom. The van der Waals surface area contributed by atoms with Crippen LogP contribution in [0.4, 0.5) is 4.39 Å². The Hall–Kier alpha value is -0.900. The molecular formula is C11H15FO2S. The fraction of sp³-hybridized carbons (Fsp3) is 0.455. The van der Waals surface area contributed by atoms with Gasteiger partial charge in [0.25, 0.3) is 0 Å². The quantitative estimate of drug-likeness (QED) is 0.783. The summed E-state index contributed by atoms with van der Waals surface area (Å²) in [5, 5.41) is 0. The van der Waals surface area contributed by atoms with E-state index in [-0.39, 0.29) is 5.56 Å². The minimum Gasteiger partial charge on any atom is -0.225 e. The monoisotopic (exact) mass is 230 g/mol. The van der Waals surface area contributed by atoms with Crippen LogP contribution in [0.25, 0.3) is 0 Å². The molecular weight excluding hydrogens is 215 g/mol. The van der Waals surface area contributed by atoms with Gasteiger partial charge in [0.05, 0.1) is 4.75 Å². The molecule has 84 valence electrons. The molecule has 0 amide bonds. The summed E-state index contributed by atoms with van der Waals surface area (Å²) in [5.74, 6) is 0. The summed E-state index contributed by atoms with van der Waals surface area (Å²) in [4.78, 5) is 0. The van der Waals surface area contributed by atoms with E-state index in [9.17, 15) is 12.8 Å². The van der Waals surface area contributed by atoms with E-state index in [2.05, 4.69) is 0 Å². The van der Waals surface area contributed by atoms with Gasteiger partial charge in [0, 0.05) is 5.56 Å². The van der Waals surface area contributed by atoms with Crippen molar-refractivity contribution in [3.05, 3.63) is 35.9 Å². The molecule has 0 saturated heterocycles. The molecule has 0 saturated carbocycles. The lowest BCUT2D eigenvalue weighted by atomic mass is 10.2. The van der Waals surface area contributed by atoms with Crippen molar-refractivity contribution in [2.24, 2.45) is 0 Å². The van der Waals surface area contributed by atoms with Crippen LogP contribution in [0, 0.1) is 0 Å². The number of benzene rings is 1. The first-order chi connectivity index (χ1) is 6.77. The lowest BCUT2D eigenvalue weighted by molar-refractivity contribution is 0.418. The highest BCUT2D eigenvalue weighted by Crippen LogP contribution is 2.32. The summed E-state index contributed by atoms with van der Waals surface area (Å²) in [5.41, 5.74) is -1.76. The van der Waals surface area contributed by atoms with E-state index < -0.39 is 20.1 Å². The number of hydrogen-bond donors (Lipinski definition) is 0. The van der Waals surface area contributed by atoms with Crippen LogP contribution in [0.5, 0.6) is 0 Å². The molecule has 0 aliphatic rings. The maximum atomic E-state index is 13.8. The Labute approximate surface area is 90.0 Å². The fourth-order valence-electron chi connectivity index (χ4n) is 1.09. The maximum Gasteiger partial charge on any atom is 0.226 e. The number of halogens is 1. The van der Waals surface area contributed by atoms with Crippen LogP contribution in [-0.4, -0.2) is 13.2 Å². The molecule has 0 spiro atoms. The zero-order valence-corrected chi connectivity index (χ0v) is 9.88. The van der Waals surface area contributed by atoms with Gasteiger partial charge in [-0.3, -0.25) is 0 Å². The molecule has 0 aromatic heterocycles. The minimum absolute atomic E-state index is 0.187. The van der Waals surface area contributed by atoms with Crippen molar-refractivity contribution in [3.63, 3.8) is 0 Å². The van der Waals surface area contributed by atoms with Crippen LogP contribution in [0.1, 0.15) is 31.8 Å². The molecule has 0 heterocycles. The second-order valence-corrected chi connectivity index (χ2v) is 7.11. The molecule has 4 heteroatoms. The van der Waals surface area contributed by atoms with E-state index in [1.54, 1.807) is 18.2 Å². The normalized spacial score (nSPS) is 14.9. The predicted molar refractivity (Wildman–Crippen MR) is 59.0 cm³/mol. The zero-order chi connectivity index (χ0) is 11.7. The highest BCUT2D eigenvalue weighted by molar-refractivity contribution is 7.92. The first kappa shape index (κ1) is 12.2. The largest absolute Gasteiger partial charge is 0.226 e. The van der Waals surface area contributed by atoms with Crippen molar-refractivity contribution in [3.8, 4) is 0 Å². The molecule has 0 bridgehead atoms. The third-order valence-corrected chi connectivity index (χ3v) is 4.71. The molecule has 0 fully saturated rings. The second kappa shape index (κ2) is 3.93. The lowest BCUT2D eigenvalue weighted by Crippen LogP contribution is -2.31. The van der Waals surface area contributed by atoms with Gasteiger partial charge in [-0.2, -0.15) is 0 Å². The van der Waals surface area contributed by atoms with E-state index in [0.717, 1.165) is 0 Å². The van der Waals surface area contributed by atoms with Crippen LogP contribution < -0.4 is 0 Å². The van der Waals surface area contributed by atoms with Gasteiger partial charge in [-0.1, -0.05) is 30.3 Å². The first-order valence-electron chi connectivity index (χ1n) is 4.69. The second-order valence-electron chi connectivity index (χ2n) is 4.38. The molecule has 1 rings (SSSR count). The number of rotatable bonds is 2. The molecule has 2 nitrogen and oxygen atoms in total. The summed E-state index contributed by atoms with van der Waals surface area (Å²) in [6, 6.07) is 7.93. The summed E-state index contributed by atoms with van der Waals surface area (Å²) < 4.78 is 36.3. The topological polar surface area (TPSA) is 34.1 Å². The zero-order valence-electron chi connectivity index (χ0n) is 9.07. The van der Waals surface area contributed by atoms with E-state index in [1.165, 1.54) is 32.9 Å². The minimum atomic E-state index is -3.80. The van der Waals surface area contributed by atoms with Crippen LogP contribution in [0.15, 0.2) is 30.3 Å². The highest BCUT2D eigenvalue weighted by atomic mass is 32.2. The third-order valence-electron chi connectivity index (χ3n) is 2.19. The summed E-state index contributed by atoms with van der Waals surface area (Å²) in [7, 11) is -3.80. The Morgan fingerprint density at radius 2 is 1.60 bits per heavy atom. The molecule has 15 heavy (non-hydrogen) atoms. The van der Waals surface area contributed by atoms with Gasteiger partial charge in [-0.05, 0) is 20.8 Å². The SMILES string of the molecule is CC(C)(C)S(=O)(=O)C(F)c1ccccc1. The average molecular weight is 230 g/mol. The Balaban J connectivity index is 3.12. The molecule has 0 aliphatic carbocycles. The average Bonchev–Trinajstić information content (AvgIpc) is 2.16. The van der Waals surface area contributed by atoms with Crippen molar-refractivity contribution in [2.75, 3.05) is 0 Å². The third kappa shape index (κ3) is 2.37. The molecule has 0 radical (unpaired) electrons. The Bertz CT molecular complexity index is 418. The molecule has 0 N–H and O–H groups in total. The van der Waals surface area contributed by atoms with E-state index in [0.29, 0.717) is 0 Å². The molecule has 1 aromatic carbocycles. The Morgan fingerprint density at radius 1 is 1.13 bits per heavy atom. The van der Waals surface area contributed by atoms with Gasteiger partial charge < -0.3 is 0 Å². The number of hydrogen-bond acceptors (Lipinski definition) is 2. The standard InChI is InChI=1S/C11H15FO2S/c1-11(2,3)15(13,14)10(12)9-7-5-4-6-8-9/h4-8,10H,1-3H3. The van der Waals surface area contributed by atoms with Crippen molar-refractivity contribution < 1.29 is 12.8 Å². The lowest BCUT2D eigenvalue weighted by Gasteiger charge is -2.22. The first-order valence-corrected chi connectivity index (χ1v) is 6.24. The summed E-state index contributed by atoms with van der Waals surface area (Å²) in [6.07, 6.45) is 0. The predicted octanol–water partition coefficient (Wildman–Crippen LogP) is 2.87. The van der Waals surface area contributed by atoms with E-state index in [1.807, 2.05) is 0 Å². The van der Waals surface area contributed by atoms with Crippen molar-refractivity contribution in [1.29, 1.82) is 0 Å². The van der Waals surface area contributed by atoms with Crippen molar-refractivity contribution in [2.45, 2.75) is 31.0 Å². The molecule has 1 atom stereocenters. The van der Waals surface area contributed by atoms with Gasteiger partial charge in [0.1, 0.15) is 0 Å². The summed E-state index contributed by atoms with van der Waals surface area (Å²) in [6.45, 7) is 4.49. The summed E-state index contributed by atoms with van der Waals surface area (Å²) >= 11 is 0. The van der Waals surface area contributed by atoms with Gasteiger partial charge in [0.2, 0.25) is 5.50 Å². The molecule has 1 unspecified atom stereocenters. The van der Waals surface area contributed by atoms with E-state index >= 15 is 0 Å². The van der Waals surface area contributed by atoms with Gasteiger partial charge in [0.15, 0.2) is 9.84 Å². The van der Waals surface area contributed by atoms with Crippen LogP contribution >= 0.6 is 0 Å². The van der Waals surface area contributed by atoms with Crippen LogP contribution in [-0.2, 0) is 9.84 Å². The van der Waals surface area contributed by atoms with Crippen molar-refractivity contribution >= 4 is 9.84 Å². The van der Waals surface area contributed by atoms with Crippen LogP contribution in [0.2, 0.25) is 0 Å². The van der Waals surface area contributed by atoms with Gasteiger partial charge >= 0.3 is 0 Å². The molecule has 1 aromatic rings.